The standard InChI is InChI=1S/C13H13ClN4O/c1-3-12(19)17(4-2)11-9-18(16-13(11)14)10-6-5-7-15-8-10/h3,5-9H,1,4H2,2H3. The summed E-state index contributed by atoms with van der Waals surface area (Å²) in [6, 6.07) is 3.66. The summed E-state index contributed by atoms with van der Waals surface area (Å²) in [6.07, 6.45) is 6.29. The molecule has 2 rings (SSSR count). The van der Waals surface area contributed by atoms with Crippen LogP contribution in [0.15, 0.2) is 43.4 Å². The molecule has 19 heavy (non-hydrogen) atoms. The Labute approximate surface area is 116 Å². The van der Waals surface area contributed by atoms with Gasteiger partial charge in [-0.2, -0.15) is 5.10 Å². The third kappa shape index (κ3) is 2.66. The van der Waals surface area contributed by atoms with Gasteiger partial charge in [0.1, 0.15) is 5.69 Å². The smallest absolute Gasteiger partial charge is 0.250 e. The number of hydrogen-bond acceptors (Lipinski definition) is 3. The number of hydrogen-bond donors (Lipinski definition) is 0. The lowest BCUT2D eigenvalue weighted by molar-refractivity contribution is -0.114. The van der Waals surface area contributed by atoms with Gasteiger partial charge in [-0.25, -0.2) is 4.68 Å². The molecule has 0 N–H and O–H groups in total. The van der Waals surface area contributed by atoms with Crippen molar-refractivity contribution in [3.63, 3.8) is 0 Å². The van der Waals surface area contributed by atoms with E-state index in [1.807, 2.05) is 13.0 Å². The van der Waals surface area contributed by atoms with E-state index in [1.54, 1.807) is 29.3 Å². The van der Waals surface area contributed by atoms with Crippen LogP contribution in [0.2, 0.25) is 5.15 Å². The zero-order chi connectivity index (χ0) is 13.8. The van der Waals surface area contributed by atoms with Gasteiger partial charge in [0, 0.05) is 12.7 Å². The highest BCUT2D eigenvalue weighted by molar-refractivity contribution is 6.32. The normalized spacial score (nSPS) is 10.2. The molecule has 6 heteroatoms. The van der Waals surface area contributed by atoms with Crippen molar-refractivity contribution >= 4 is 23.2 Å². The first-order valence-corrected chi connectivity index (χ1v) is 6.14. The highest BCUT2D eigenvalue weighted by Crippen LogP contribution is 2.25. The molecule has 0 atom stereocenters. The summed E-state index contributed by atoms with van der Waals surface area (Å²) in [7, 11) is 0. The van der Waals surface area contributed by atoms with E-state index in [0.717, 1.165) is 5.69 Å². The van der Waals surface area contributed by atoms with Crippen molar-refractivity contribution in [3.05, 3.63) is 48.5 Å². The van der Waals surface area contributed by atoms with E-state index in [9.17, 15) is 4.79 Å². The van der Waals surface area contributed by atoms with Crippen LogP contribution >= 0.6 is 11.6 Å². The van der Waals surface area contributed by atoms with Gasteiger partial charge in [0.25, 0.3) is 0 Å². The van der Waals surface area contributed by atoms with Crippen molar-refractivity contribution in [3.8, 4) is 5.69 Å². The fraction of sp³-hybridized carbons (Fsp3) is 0.154. The van der Waals surface area contributed by atoms with E-state index in [4.69, 9.17) is 11.6 Å². The molecule has 0 aromatic carbocycles. The van der Waals surface area contributed by atoms with E-state index in [1.165, 1.54) is 11.0 Å². The molecule has 0 saturated carbocycles. The first-order valence-electron chi connectivity index (χ1n) is 5.77. The molecule has 2 aromatic rings. The Morgan fingerprint density at radius 3 is 3.00 bits per heavy atom. The summed E-state index contributed by atoms with van der Waals surface area (Å²) in [4.78, 5) is 17.3. The fourth-order valence-corrected chi connectivity index (χ4v) is 1.93. The predicted octanol–water partition coefficient (Wildman–Crippen LogP) is 2.46. The minimum Gasteiger partial charge on any atom is -0.305 e. The molecule has 0 aliphatic heterocycles. The predicted molar refractivity (Wildman–Crippen MR) is 74.6 cm³/mol. The number of rotatable bonds is 4. The number of carbonyl (C=O) groups is 1. The Morgan fingerprint density at radius 1 is 1.63 bits per heavy atom. The highest BCUT2D eigenvalue weighted by Gasteiger charge is 2.18. The van der Waals surface area contributed by atoms with Crippen molar-refractivity contribution in [2.45, 2.75) is 6.92 Å². The second kappa shape index (κ2) is 5.67. The molecule has 2 heterocycles. The van der Waals surface area contributed by atoms with Gasteiger partial charge in [-0.15, -0.1) is 0 Å². The maximum atomic E-state index is 11.7. The molecule has 0 fully saturated rings. The number of carbonyl (C=O) groups excluding carboxylic acids is 1. The van der Waals surface area contributed by atoms with Gasteiger partial charge in [0.2, 0.25) is 5.91 Å². The van der Waals surface area contributed by atoms with Crippen LogP contribution in [-0.2, 0) is 4.79 Å². The molecule has 0 aliphatic carbocycles. The Kier molecular flexibility index (Phi) is 3.97. The van der Waals surface area contributed by atoms with Crippen LogP contribution in [0.3, 0.4) is 0 Å². The molecular weight excluding hydrogens is 264 g/mol. The molecule has 0 bridgehead atoms. The number of nitrogens with zero attached hydrogens (tertiary/aromatic N) is 4. The largest absolute Gasteiger partial charge is 0.305 e. The Bertz CT molecular complexity index is 594. The van der Waals surface area contributed by atoms with Gasteiger partial charge in [-0.1, -0.05) is 18.2 Å². The zero-order valence-corrected chi connectivity index (χ0v) is 11.2. The van der Waals surface area contributed by atoms with Gasteiger partial charge >= 0.3 is 0 Å². The average molecular weight is 277 g/mol. The number of likely N-dealkylation sites (N-methyl/N-ethyl adjacent to an activating group) is 1. The van der Waals surface area contributed by atoms with Crippen molar-refractivity contribution in [2.75, 3.05) is 11.4 Å². The first kappa shape index (κ1) is 13.3. The van der Waals surface area contributed by atoms with Crippen LogP contribution in [0, 0.1) is 0 Å². The second-order valence-electron chi connectivity index (χ2n) is 3.75. The minimum absolute atomic E-state index is 0.213. The van der Waals surface area contributed by atoms with Crippen molar-refractivity contribution < 1.29 is 4.79 Å². The number of anilines is 1. The molecule has 0 saturated heterocycles. The molecule has 1 amide bonds. The molecule has 98 valence electrons. The molecule has 2 aromatic heterocycles. The van der Waals surface area contributed by atoms with Gasteiger partial charge in [0.15, 0.2) is 5.15 Å². The Balaban J connectivity index is 2.41. The van der Waals surface area contributed by atoms with E-state index in [2.05, 4.69) is 16.7 Å². The van der Waals surface area contributed by atoms with Gasteiger partial charge in [0.05, 0.1) is 18.1 Å². The summed E-state index contributed by atoms with van der Waals surface area (Å²) in [6.45, 7) is 5.83. The zero-order valence-electron chi connectivity index (χ0n) is 10.5. The van der Waals surface area contributed by atoms with Crippen LogP contribution in [0.25, 0.3) is 5.69 Å². The summed E-state index contributed by atoms with van der Waals surface area (Å²) in [5.74, 6) is -0.213. The molecule has 0 unspecified atom stereocenters. The van der Waals surface area contributed by atoms with Crippen molar-refractivity contribution in [2.24, 2.45) is 0 Å². The topological polar surface area (TPSA) is 51.0 Å². The minimum atomic E-state index is -0.213. The average Bonchev–Trinajstić information content (AvgIpc) is 2.82. The summed E-state index contributed by atoms with van der Waals surface area (Å²) >= 11 is 6.09. The maximum absolute atomic E-state index is 11.7. The van der Waals surface area contributed by atoms with E-state index in [-0.39, 0.29) is 11.1 Å². The lowest BCUT2D eigenvalue weighted by Gasteiger charge is -2.16. The molecule has 5 nitrogen and oxygen atoms in total. The number of aromatic nitrogens is 3. The van der Waals surface area contributed by atoms with E-state index >= 15 is 0 Å². The summed E-state index contributed by atoms with van der Waals surface area (Å²) < 4.78 is 1.59. The number of halogens is 1. The first-order chi connectivity index (χ1) is 9.17. The third-order valence-electron chi connectivity index (χ3n) is 2.61. The highest BCUT2D eigenvalue weighted by atomic mass is 35.5. The van der Waals surface area contributed by atoms with Crippen LogP contribution in [0.5, 0.6) is 0 Å². The Morgan fingerprint density at radius 2 is 2.42 bits per heavy atom. The third-order valence-corrected chi connectivity index (χ3v) is 2.88. The van der Waals surface area contributed by atoms with Crippen LogP contribution < -0.4 is 4.90 Å². The molecule has 0 aliphatic rings. The summed E-state index contributed by atoms with van der Waals surface area (Å²) in [5.41, 5.74) is 1.33. The Hall–Kier alpha value is -2.14. The quantitative estimate of drug-likeness (QED) is 0.806. The lowest BCUT2D eigenvalue weighted by Crippen LogP contribution is -2.28. The van der Waals surface area contributed by atoms with Crippen molar-refractivity contribution in [1.82, 2.24) is 14.8 Å². The molecular formula is C13H13ClN4O. The van der Waals surface area contributed by atoms with Crippen molar-refractivity contribution in [1.29, 1.82) is 0 Å². The van der Waals surface area contributed by atoms with E-state index < -0.39 is 0 Å². The summed E-state index contributed by atoms with van der Waals surface area (Å²) in [5, 5.41) is 4.45. The SMILES string of the molecule is C=CC(=O)N(CC)c1cn(-c2cccnc2)nc1Cl. The molecule has 0 radical (unpaired) electrons. The van der Waals surface area contributed by atoms with E-state index in [0.29, 0.717) is 12.2 Å². The fourth-order valence-electron chi connectivity index (χ4n) is 1.70. The van der Waals surface area contributed by atoms with Gasteiger partial charge < -0.3 is 4.90 Å². The molecule has 0 spiro atoms. The van der Waals surface area contributed by atoms with Crippen LogP contribution in [-0.4, -0.2) is 27.2 Å². The van der Waals surface area contributed by atoms with Crippen LogP contribution in [0.4, 0.5) is 5.69 Å². The number of amides is 1. The van der Waals surface area contributed by atoms with Gasteiger partial charge in [-0.05, 0) is 25.1 Å². The maximum Gasteiger partial charge on any atom is 0.250 e. The van der Waals surface area contributed by atoms with Gasteiger partial charge in [-0.3, -0.25) is 9.78 Å². The van der Waals surface area contributed by atoms with Crippen LogP contribution in [0.1, 0.15) is 6.92 Å². The second-order valence-corrected chi connectivity index (χ2v) is 4.11. The lowest BCUT2D eigenvalue weighted by atomic mass is 10.4. The monoisotopic (exact) mass is 276 g/mol. The number of pyridine rings is 1.